The van der Waals surface area contributed by atoms with Gasteiger partial charge in [-0.15, -0.1) is 0 Å². The normalized spacial score (nSPS) is 19.1. The third-order valence-electron chi connectivity index (χ3n) is 4.08. The molecule has 6 heteroatoms. The average Bonchev–Trinajstić information content (AvgIpc) is 2.57. The lowest BCUT2D eigenvalue weighted by molar-refractivity contribution is 0.137. The van der Waals surface area contributed by atoms with Gasteiger partial charge in [-0.25, -0.2) is 19.9 Å². The van der Waals surface area contributed by atoms with Crippen LogP contribution < -0.4 is 5.32 Å². The van der Waals surface area contributed by atoms with Crippen molar-refractivity contribution in [2.75, 3.05) is 18.9 Å². The van der Waals surface area contributed by atoms with Crippen molar-refractivity contribution >= 4 is 5.95 Å². The maximum atomic E-state index is 4.63. The smallest absolute Gasteiger partial charge is 0.222 e. The van der Waals surface area contributed by atoms with Crippen LogP contribution in [0.4, 0.5) is 5.95 Å². The topological polar surface area (TPSA) is 66.8 Å². The van der Waals surface area contributed by atoms with E-state index in [1.165, 1.54) is 12.8 Å². The summed E-state index contributed by atoms with van der Waals surface area (Å²) in [5, 5.41) is 3.02. The van der Waals surface area contributed by atoms with E-state index in [0.717, 1.165) is 36.6 Å². The minimum Gasteiger partial charge on any atom is -0.357 e. The van der Waals surface area contributed by atoms with E-state index in [1.807, 2.05) is 38.6 Å². The monoisotopic (exact) mass is 298 g/mol. The number of hydrogen-bond donors (Lipinski definition) is 1. The standard InChI is InChI=1S/C16H22N6/c1-12-19-9-13(10-20-12)11-22-8-4-3-5-15(22)14-6-7-18-16(17-2)21-14/h6-7,9-10,15H,3-5,8,11H2,1-2H3,(H,17,18,21). The lowest BCUT2D eigenvalue weighted by Crippen LogP contribution is -2.33. The number of rotatable bonds is 4. The summed E-state index contributed by atoms with van der Waals surface area (Å²) in [6.45, 7) is 3.86. The summed E-state index contributed by atoms with van der Waals surface area (Å²) in [5.41, 5.74) is 2.24. The van der Waals surface area contributed by atoms with Gasteiger partial charge in [0.15, 0.2) is 0 Å². The molecule has 2 aromatic rings. The van der Waals surface area contributed by atoms with Crippen molar-refractivity contribution in [2.45, 2.75) is 38.8 Å². The number of nitrogens with one attached hydrogen (secondary N) is 1. The van der Waals surface area contributed by atoms with E-state index in [-0.39, 0.29) is 0 Å². The number of hydrogen-bond acceptors (Lipinski definition) is 6. The molecule has 1 unspecified atom stereocenters. The minimum atomic E-state index is 0.338. The van der Waals surface area contributed by atoms with Gasteiger partial charge in [-0.05, 0) is 32.4 Å². The van der Waals surface area contributed by atoms with Gasteiger partial charge in [0.2, 0.25) is 5.95 Å². The van der Waals surface area contributed by atoms with Crippen LogP contribution in [-0.2, 0) is 6.54 Å². The van der Waals surface area contributed by atoms with Gasteiger partial charge in [-0.3, -0.25) is 4.90 Å². The highest BCUT2D eigenvalue weighted by molar-refractivity contribution is 5.25. The van der Waals surface area contributed by atoms with Crippen LogP contribution in [0.15, 0.2) is 24.7 Å². The maximum Gasteiger partial charge on any atom is 0.222 e. The highest BCUT2D eigenvalue weighted by atomic mass is 15.2. The van der Waals surface area contributed by atoms with Gasteiger partial charge in [0.1, 0.15) is 5.82 Å². The van der Waals surface area contributed by atoms with Crippen molar-refractivity contribution in [1.29, 1.82) is 0 Å². The first-order valence-electron chi connectivity index (χ1n) is 7.78. The van der Waals surface area contributed by atoms with Crippen molar-refractivity contribution < 1.29 is 0 Å². The minimum absolute atomic E-state index is 0.338. The zero-order valence-corrected chi connectivity index (χ0v) is 13.2. The predicted molar refractivity (Wildman–Crippen MR) is 85.3 cm³/mol. The number of anilines is 1. The Morgan fingerprint density at radius 3 is 2.82 bits per heavy atom. The van der Waals surface area contributed by atoms with E-state index >= 15 is 0 Å². The molecule has 0 radical (unpaired) electrons. The van der Waals surface area contributed by atoms with Crippen LogP contribution in [0.5, 0.6) is 0 Å². The second kappa shape index (κ2) is 6.79. The van der Waals surface area contributed by atoms with Gasteiger partial charge >= 0.3 is 0 Å². The molecule has 0 aliphatic carbocycles. The SMILES string of the molecule is CNc1nccc(C2CCCCN2Cc2cnc(C)nc2)n1. The van der Waals surface area contributed by atoms with Crippen molar-refractivity contribution in [2.24, 2.45) is 0 Å². The lowest BCUT2D eigenvalue weighted by Gasteiger charge is -2.35. The molecule has 22 heavy (non-hydrogen) atoms. The zero-order chi connectivity index (χ0) is 15.4. The van der Waals surface area contributed by atoms with Gasteiger partial charge < -0.3 is 5.32 Å². The van der Waals surface area contributed by atoms with Crippen LogP contribution in [-0.4, -0.2) is 38.4 Å². The average molecular weight is 298 g/mol. The molecule has 6 nitrogen and oxygen atoms in total. The first-order valence-corrected chi connectivity index (χ1v) is 7.78. The zero-order valence-electron chi connectivity index (χ0n) is 13.2. The fourth-order valence-electron chi connectivity index (χ4n) is 2.93. The molecule has 3 heterocycles. The Kier molecular flexibility index (Phi) is 4.58. The number of aryl methyl sites for hydroxylation is 1. The van der Waals surface area contributed by atoms with Crippen LogP contribution in [0.3, 0.4) is 0 Å². The molecular weight excluding hydrogens is 276 g/mol. The molecule has 0 amide bonds. The van der Waals surface area contributed by atoms with Crippen molar-refractivity contribution in [3.05, 3.63) is 41.7 Å². The summed E-state index contributed by atoms with van der Waals surface area (Å²) in [6.07, 6.45) is 9.28. The van der Waals surface area contributed by atoms with Crippen LogP contribution in [0.1, 0.15) is 42.4 Å². The fourth-order valence-corrected chi connectivity index (χ4v) is 2.93. The molecule has 0 aromatic carbocycles. The third kappa shape index (κ3) is 3.39. The van der Waals surface area contributed by atoms with Crippen molar-refractivity contribution in [3.8, 4) is 0 Å². The first kappa shape index (κ1) is 14.8. The molecule has 0 spiro atoms. The predicted octanol–water partition coefficient (Wildman–Crippen LogP) is 2.34. The quantitative estimate of drug-likeness (QED) is 0.934. The van der Waals surface area contributed by atoms with Gasteiger partial charge in [-0.2, -0.15) is 0 Å². The fraction of sp³-hybridized carbons (Fsp3) is 0.500. The molecule has 1 fully saturated rings. The van der Waals surface area contributed by atoms with E-state index in [9.17, 15) is 0 Å². The molecule has 2 aromatic heterocycles. The van der Waals surface area contributed by atoms with Crippen LogP contribution >= 0.6 is 0 Å². The number of piperidine rings is 1. The summed E-state index contributed by atoms with van der Waals surface area (Å²) in [6, 6.07) is 2.36. The molecule has 1 aliphatic heterocycles. The van der Waals surface area contributed by atoms with E-state index in [0.29, 0.717) is 12.0 Å². The summed E-state index contributed by atoms with van der Waals surface area (Å²) >= 11 is 0. The number of likely N-dealkylation sites (tertiary alicyclic amines) is 1. The molecule has 116 valence electrons. The van der Waals surface area contributed by atoms with Gasteiger partial charge in [-0.1, -0.05) is 6.42 Å². The Balaban J connectivity index is 1.79. The first-order chi connectivity index (χ1) is 10.8. The highest BCUT2D eigenvalue weighted by Crippen LogP contribution is 2.31. The summed E-state index contributed by atoms with van der Waals surface area (Å²) in [7, 11) is 1.85. The summed E-state index contributed by atoms with van der Waals surface area (Å²) in [5.74, 6) is 1.50. The Hall–Kier alpha value is -2.08. The lowest BCUT2D eigenvalue weighted by atomic mass is 9.98. The molecule has 1 aliphatic rings. The maximum absolute atomic E-state index is 4.63. The van der Waals surface area contributed by atoms with Crippen LogP contribution in [0, 0.1) is 6.92 Å². The molecule has 1 saturated heterocycles. The second-order valence-corrected chi connectivity index (χ2v) is 5.68. The van der Waals surface area contributed by atoms with Crippen molar-refractivity contribution in [1.82, 2.24) is 24.8 Å². The van der Waals surface area contributed by atoms with Crippen LogP contribution in [0.25, 0.3) is 0 Å². The van der Waals surface area contributed by atoms with Gasteiger partial charge in [0.25, 0.3) is 0 Å². The van der Waals surface area contributed by atoms with E-state index in [4.69, 9.17) is 0 Å². The Bertz CT molecular complexity index is 612. The van der Waals surface area contributed by atoms with Gasteiger partial charge in [0, 0.05) is 37.7 Å². The third-order valence-corrected chi connectivity index (χ3v) is 4.08. The summed E-state index contributed by atoms with van der Waals surface area (Å²) in [4.78, 5) is 19.9. The Labute approximate surface area is 131 Å². The van der Waals surface area contributed by atoms with Crippen molar-refractivity contribution in [3.63, 3.8) is 0 Å². The largest absolute Gasteiger partial charge is 0.357 e. The molecule has 0 saturated carbocycles. The molecular formula is C16H22N6. The van der Waals surface area contributed by atoms with Crippen LogP contribution in [0.2, 0.25) is 0 Å². The van der Waals surface area contributed by atoms with E-state index in [1.54, 1.807) is 0 Å². The molecule has 0 bridgehead atoms. The van der Waals surface area contributed by atoms with E-state index < -0.39 is 0 Å². The molecule has 1 N–H and O–H groups in total. The highest BCUT2D eigenvalue weighted by Gasteiger charge is 2.25. The molecule has 1 atom stereocenters. The number of aromatic nitrogens is 4. The Morgan fingerprint density at radius 1 is 1.23 bits per heavy atom. The number of nitrogens with zero attached hydrogens (tertiary/aromatic N) is 5. The summed E-state index contributed by atoms with van der Waals surface area (Å²) < 4.78 is 0. The van der Waals surface area contributed by atoms with Gasteiger partial charge in [0.05, 0.1) is 11.7 Å². The van der Waals surface area contributed by atoms with E-state index in [2.05, 4.69) is 30.2 Å². The second-order valence-electron chi connectivity index (χ2n) is 5.68. The molecule has 3 rings (SSSR count). The Morgan fingerprint density at radius 2 is 2.05 bits per heavy atom.